The van der Waals surface area contributed by atoms with Crippen molar-refractivity contribution in [3.63, 3.8) is 0 Å². The van der Waals surface area contributed by atoms with Crippen molar-refractivity contribution >= 4 is 34.9 Å². The summed E-state index contributed by atoms with van der Waals surface area (Å²) in [6.45, 7) is 4.47. The monoisotopic (exact) mass is 260 g/mol. The van der Waals surface area contributed by atoms with Crippen LogP contribution in [0.15, 0.2) is 12.1 Å². The van der Waals surface area contributed by atoms with Crippen molar-refractivity contribution in [3.05, 3.63) is 27.7 Å². The molecular weight excluding hydrogens is 247 g/mol. The van der Waals surface area contributed by atoms with Gasteiger partial charge in [0.05, 0.1) is 10.7 Å². The Labute approximate surface area is 105 Å². The Morgan fingerprint density at radius 3 is 2.62 bits per heavy atom. The average molecular weight is 261 g/mol. The standard InChI is InChI=1S/C11H14Cl2N2O/c1-3-4-14-11(16)15-10-6-8(12)7(2)5-9(10)13/h5-6H,3-4H2,1-2H3,(H2,14,15,16). The summed E-state index contributed by atoms with van der Waals surface area (Å²) in [6, 6.07) is 3.09. The zero-order chi connectivity index (χ0) is 12.1. The largest absolute Gasteiger partial charge is 0.338 e. The van der Waals surface area contributed by atoms with E-state index in [0.717, 1.165) is 12.0 Å². The zero-order valence-electron chi connectivity index (χ0n) is 9.23. The van der Waals surface area contributed by atoms with Crippen LogP contribution in [0.2, 0.25) is 10.0 Å². The molecule has 0 spiro atoms. The van der Waals surface area contributed by atoms with Crippen LogP contribution in [0, 0.1) is 6.92 Å². The molecule has 2 N–H and O–H groups in total. The molecule has 1 aromatic carbocycles. The van der Waals surface area contributed by atoms with Crippen molar-refractivity contribution in [2.24, 2.45) is 0 Å². The number of anilines is 1. The minimum atomic E-state index is -0.274. The SMILES string of the molecule is CCCNC(=O)Nc1cc(Cl)c(C)cc1Cl. The number of aryl methyl sites for hydroxylation is 1. The molecule has 0 aliphatic heterocycles. The predicted molar refractivity (Wildman–Crippen MR) is 68.5 cm³/mol. The van der Waals surface area contributed by atoms with Crippen LogP contribution in [-0.4, -0.2) is 12.6 Å². The quantitative estimate of drug-likeness (QED) is 0.852. The highest BCUT2D eigenvalue weighted by atomic mass is 35.5. The minimum absolute atomic E-state index is 0.274. The third kappa shape index (κ3) is 3.58. The molecule has 0 bridgehead atoms. The van der Waals surface area contributed by atoms with Crippen molar-refractivity contribution in [2.75, 3.05) is 11.9 Å². The Morgan fingerprint density at radius 2 is 2.00 bits per heavy atom. The van der Waals surface area contributed by atoms with Crippen LogP contribution < -0.4 is 10.6 Å². The Hall–Kier alpha value is -0.930. The van der Waals surface area contributed by atoms with Crippen LogP contribution in [0.5, 0.6) is 0 Å². The number of amides is 2. The van der Waals surface area contributed by atoms with E-state index in [-0.39, 0.29) is 6.03 Å². The number of halogens is 2. The summed E-state index contributed by atoms with van der Waals surface area (Å²) in [5, 5.41) is 6.40. The Kier molecular flexibility index (Phi) is 4.90. The molecule has 5 heteroatoms. The summed E-state index contributed by atoms with van der Waals surface area (Å²) in [5.74, 6) is 0. The molecule has 0 atom stereocenters. The molecule has 0 fully saturated rings. The van der Waals surface area contributed by atoms with Crippen molar-refractivity contribution in [2.45, 2.75) is 20.3 Å². The molecule has 0 aliphatic rings. The van der Waals surface area contributed by atoms with Crippen LogP contribution in [0.3, 0.4) is 0 Å². The van der Waals surface area contributed by atoms with Crippen LogP contribution >= 0.6 is 23.2 Å². The number of carbonyl (C=O) groups excluding carboxylic acids is 1. The van der Waals surface area contributed by atoms with Gasteiger partial charge in [-0.1, -0.05) is 30.1 Å². The average Bonchev–Trinajstić information content (AvgIpc) is 2.23. The number of hydrogen-bond acceptors (Lipinski definition) is 1. The first kappa shape index (κ1) is 13.1. The second-order valence-electron chi connectivity index (χ2n) is 3.46. The summed E-state index contributed by atoms with van der Waals surface area (Å²) in [5.41, 5.74) is 1.40. The van der Waals surface area contributed by atoms with E-state index in [0.29, 0.717) is 22.3 Å². The highest BCUT2D eigenvalue weighted by molar-refractivity contribution is 6.36. The normalized spacial score (nSPS) is 10.0. The molecule has 0 heterocycles. The molecule has 3 nitrogen and oxygen atoms in total. The van der Waals surface area contributed by atoms with Crippen LogP contribution in [0.1, 0.15) is 18.9 Å². The lowest BCUT2D eigenvalue weighted by molar-refractivity contribution is 0.252. The van der Waals surface area contributed by atoms with Gasteiger partial charge in [0.15, 0.2) is 0 Å². The minimum Gasteiger partial charge on any atom is -0.338 e. The number of carbonyl (C=O) groups is 1. The molecular formula is C11H14Cl2N2O. The van der Waals surface area contributed by atoms with Crippen molar-refractivity contribution in [1.29, 1.82) is 0 Å². The van der Waals surface area contributed by atoms with E-state index in [9.17, 15) is 4.79 Å². The number of benzene rings is 1. The number of hydrogen-bond donors (Lipinski definition) is 2. The molecule has 1 rings (SSSR count). The van der Waals surface area contributed by atoms with Crippen molar-refractivity contribution < 1.29 is 4.79 Å². The van der Waals surface area contributed by atoms with Gasteiger partial charge in [-0.2, -0.15) is 0 Å². The first-order chi connectivity index (χ1) is 7.54. The highest BCUT2D eigenvalue weighted by Gasteiger charge is 2.07. The maximum absolute atomic E-state index is 11.4. The molecule has 88 valence electrons. The van der Waals surface area contributed by atoms with Gasteiger partial charge in [-0.15, -0.1) is 0 Å². The van der Waals surface area contributed by atoms with E-state index in [1.54, 1.807) is 12.1 Å². The fourth-order valence-corrected chi connectivity index (χ4v) is 1.58. The lowest BCUT2D eigenvalue weighted by atomic mass is 10.2. The first-order valence-corrected chi connectivity index (χ1v) is 5.80. The summed E-state index contributed by atoms with van der Waals surface area (Å²) >= 11 is 11.9. The van der Waals surface area contributed by atoms with E-state index in [1.807, 2.05) is 13.8 Å². The van der Waals surface area contributed by atoms with E-state index >= 15 is 0 Å². The van der Waals surface area contributed by atoms with Gasteiger partial charge in [0, 0.05) is 11.6 Å². The van der Waals surface area contributed by atoms with Gasteiger partial charge >= 0.3 is 6.03 Å². The first-order valence-electron chi connectivity index (χ1n) is 5.05. The highest BCUT2D eigenvalue weighted by Crippen LogP contribution is 2.28. The summed E-state index contributed by atoms with van der Waals surface area (Å²) < 4.78 is 0. The van der Waals surface area contributed by atoms with E-state index in [2.05, 4.69) is 10.6 Å². The third-order valence-electron chi connectivity index (χ3n) is 2.03. The van der Waals surface area contributed by atoms with Crippen molar-refractivity contribution in [1.82, 2.24) is 5.32 Å². The van der Waals surface area contributed by atoms with E-state index < -0.39 is 0 Å². The lowest BCUT2D eigenvalue weighted by Gasteiger charge is -2.09. The summed E-state index contributed by atoms with van der Waals surface area (Å²) in [4.78, 5) is 11.4. The Balaban J connectivity index is 2.73. The van der Waals surface area contributed by atoms with E-state index in [4.69, 9.17) is 23.2 Å². The van der Waals surface area contributed by atoms with Crippen LogP contribution in [0.25, 0.3) is 0 Å². The second-order valence-corrected chi connectivity index (χ2v) is 4.28. The van der Waals surface area contributed by atoms with Gasteiger partial charge in [-0.25, -0.2) is 4.79 Å². The molecule has 1 aromatic rings. The molecule has 2 amide bonds. The van der Waals surface area contributed by atoms with Crippen LogP contribution in [-0.2, 0) is 0 Å². The topological polar surface area (TPSA) is 41.1 Å². The Bertz CT molecular complexity index is 394. The van der Waals surface area contributed by atoms with Gasteiger partial charge < -0.3 is 10.6 Å². The molecule has 0 aromatic heterocycles. The number of urea groups is 1. The molecule has 0 unspecified atom stereocenters. The fraction of sp³-hybridized carbons (Fsp3) is 0.364. The smallest absolute Gasteiger partial charge is 0.319 e. The second kappa shape index (κ2) is 5.97. The lowest BCUT2D eigenvalue weighted by Crippen LogP contribution is -2.29. The van der Waals surface area contributed by atoms with Gasteiger partial charge in [-0.05, 0) is 31.0 Å². The molecule has 0 saturated carbocycles. The fourth-order valence-electron chi connectivity index (χ4n) is 1.15. The summed E-state index contributed by atoms with van der Waals surface area (Å²) in [7, 11) is 0. The summed E-state index contributed by atoms with van der Waals surface area (Å²) in [6.07, 6.45) is 0.885. The van der Waals surface area contributed by atoms with Crippen LogP contribution in [0.4, 0.5) is 10.5 Å². The number of nitrogens with one attached hydrogen (secondary N) is 2. The molecule has 16 heavy (non-hydrogen) atoms. The van der Waals surface area contributed by atoms with E-state index in [1.165, 1.54) is 0 Å². The van der Waals surface area contributed by atoms with Gasteiger partial charge in [0.2, 0.25) is 0 Å². The number of rotatable bonds is 3. The molecule has 0 radical (unpaired) electrons. The Morgan fingerprint density at radius 1 is 1.31 bits per heavy atom. The molecule has 0 saturated heterocycles. The maximum atomic E-state index is 11.4. The maximum Gasteiger partial charge on any atom is 0.319 e. The third-order valence-corrected chi connectivity index (χ3v) is 2.75. The predicted octanol–water partition coefficient (Wildman–Crippen LogP) is 3.83. The zero-order valence-corrected chi connectivity index (χ0v) is 10.7. The van der Waals surface area contributed by atoms with Gasteiger partial charge in [-0.3, -0.25) is 0 Å². The van der Waals surface area contributed by atoms with Crippen molar-refractivity contribution in [3.8, 4) is 0 Å². The van der Waals surface area contributed by atoms with Gasteiger partial charge in [0.1, 0.15) is 0 Å². The van der Waals surface area contributed by atoms with Gasteiger partial charge in [0.25, 0.3) is 0 Å². The molecule has 0 aliphatic carbocycles.